The Kier molecular flexibility index (Phi) is 6.01. The molecule has 24 heavy (non-hydrogen) atoms. The van der Waals surface area contributed by atoms with E-state index in [0.717, 1.165) is 16.7 Å². The molecule has 0 aliphatic carbocycles. The lowest BCUT2D eigenvalue weighted by atomic mass is 10.0. The standard InChI is InChI=1S/C17H26N2O4S/c1-13-4-5-14(2)15(10-13)11-18(12-17(20)21)16-6-8-19(9-7-16)24(3,22)23/h4-5,10,16H,6-9,11-12H2,1-3H3,(H,20,21). The first-order valence-corrected chi connectivity index (χ1v) is 9.98. The summed E-state index contributed by atoms with van der Waals surface area (Å²) in [5.74, 6) is -0.856. The van der Waals surface area contributed by atoms with Crippen LogP contribution in [0.1, 0.15) is 29.5 Å². The summed E-state index contributed by atoms with van der Waals surface area (Å²) in [7, 11) is -3.17. The van der Waals surface area contributed by atoms with Gasteiger partial charge in [0, 0.05) is 25.7 Å². The van der Waals surface area contributed by atoms with Gasteiger partial charge >= 0.3 is 5.97 Å². The van der Waals surface area contributed by atoms with Crippen LogP contribution < -0.4 is 0 Å². The van der Waals surface area contributed by atoms with Crippen LogP contribution in [-0.4, -0.2) is 60.6 Å². The van der Waals surface area contributed by atoms with Crippen LogP contribution in [0.5, 0.6) is 0 Å². The number of aryl methyl sites for hydroxylation is 2. The van der Waals surface area contributed by atoms with Crippen LogP contribution in [0.25, 0.3) is 0 Å². The predicted octanol–water partition coefficient (Wildman–Crippen LogP) is 1.61. The summed E-state index contributed by atoms with van der Waals surface area (Å²) in [6, 6.07) is 6.27. The SMILES string of the molecule is Cc1ccc(C)c(CN(CC(=O)O)C2CCN(S(C)(=O)=O)CC2)c1. The number of hydrogen-bond acceptors (Lipinski definition) is 4. The Bertz CT molecular complexity index is 695. The normalized spacial score (nSPS) is 17.3. The number of aliphatic carboxylic acids is 1. The van der Waals surface area contributed by atoms with E-state index in [2.05, 4.69) is 12.1 Å². The Morgan fingerprint density at radius 2 is 1.92 bits per heavy atom. The molecule has 1 aliphatic heterocycles. The molecule has 0 unspecified atom stereocenters. The molecule has 1 aliphatic rings. The molecule has 0 atom stereocenters. The molecule has 1 fully saturated rings. The average molecular weight is 354 g/mol. The number of piperidine rings is 1. The van der Waals surface area contributed by atoms with Gasteiger partial charge in [-0.2, -0.15) is 0 Å². The van der Waals surface area contributed by atoms with Crippen molar-refractivity contribution in [2.24, 2.45) is 0 Å². The van der Waals surface area contributed by atoms with Gasteiger partial charge in [0.1, 0.15) is 0 Å². The highest BCUT2D eigenvalue weighted by molar-refractivity contribution is 7.88. The largest absolute Gasteiger partial charge is 0.480 e. The molecule has 1 heterocycles. The van der Waals surface area contributed by atoms with E-state index in [0.29, 0.717) is 32.5 Å². The molecule has 0 spiro atoms. The van der Waals surface area contributed by atoms with Crippen LogP contribution in [0, 0.1) is 13.8 Å². The number of carboxylic acid groups (broad SMARTS) is 1. The maximum atomic E-state index is 11.6. The van der Waals surface area contributed by atoms with Gasteiger partial charge < -0.3 is 5.11 Å². The maximum Gasteiger partial charge on any atom is 0.317 e. The molecule has 0 saturated carbocycles. The third-order valence-electron chi connectivity index (χ3n) is 4.63. The maximum absolute atomic E-state index is 11.6. The van der Waals surface area contributed by atoms with Crippen LogP contribution >= 0.6 is 0 Å². The number of nitrogens with zero attached hydrogens (tertiary/aromatic N) is 2. The number of carbonyl (C=O) groups is 1. The first kappa shape index (κ1) is 18.9. The minimum Gasteiger partial charge on any atom is -0.480 e. The van der Waals surface area contributed by atoms with E-state index in [1.165, 1.54) is 10.6 Å². The van der Waals surface area contributed by atoms with Crippen molar-refractivity contribution in [2.45, 2.75) is 39.3 Å². The smallest absolute Gasteiger partial charge is 0.317 e. The molecule has 0 aromatic heterocycles. The Labute approximate surface area is 144 Å². The lowest BCUT2D eigenvalue weighted by Gasteiger charge is -2.37. The topological polar surface area (TPSA) is 77.9 Å². The summed E-state index contributed by atoms with van der Waals surface area (Å²) in [5, 5.41) is 9.25. The molecule has 2 rings (SSSR count). The van der Waals surface area contributed by atoms with Gasteiger partial charge in [-0.15, -0.1) is 0 Å². The second-order valence-corrected chi connectivity index (χ2v) is 8.60. The zero-order valence-corrected chi connectivity index (χ0v) is 15.3. The lowest BCUT2D eigenvalue weighted by Crippen LogP contribution is -2.47. The Hall–Kier alpha value is -1.44. The molecule has 1 aromatic rings. The first-order valence-electron chi connectivity index (χ1n) is 8.14. The van der Waals surface area contributed by atoms with E-state index in [1.807, 2.05) is 24.8 Å². The number of benzene rings is 1. The van der Waals surface area contributed by atoms with Crippen molar-refractivity contribution >= 4 is 16.0 Å². The lowest BCUT2D eigenvalue weighted by molar-refractivity contribution is -0.139. The molecule has 7 heteroatoms. The number of rotatable bonds is 6. The highest BCUT2D eigenvalue weighted by Gasteiger charge is 2.29. The molecule has 1 aromatic carbocycles. The van der Waals surface area contributed by atoms with Crippen molar-refractivity contribution in [1.82, 2.24) is 9.21 Å². The molecule has 1 saturated heterocycles. The third-order valence-corrected chi connectivity index (χ3v) is 5.93. The minimum atomic E-state index is -3.17. The molecule has 0 radical (unpaired) electrons. The van der Waals surface area contributed by atoms with Gasteiger partial charge in [-0.25, -0.2) is 12.7 Å². The van der Waals surface area contributed by atoms with Crippen LogP contribution in [0.3, 0.4) is 0 Å². The highest BCUT2D eigenvalue weighted by atomic mass is 32.2. The zero-order chi connectivity index (χ0) is 17.9. The Balaban J connectivity index is 2.12. The van der Waals surface area contributed by atoms with Gasteiger partial charge in [0.2, 0.25) is 10.0 Å². The van der Waals surface area contributed by atoms with Gasteiger partial charge in [-0.3, -0.25) is 9.69 Å². The zero-order valence-electron chi connectivity index (χ0n) is 14.5. The molecule has 6 nitrogen and oxygen atoms in total. The van der Waals surface area contributed by atoms with Crippen LogP contribution in [0.4, 0.5) is 0 Å². The van der Waals surface area contributed by atoms with Crippen LogP contribution in [0.2, 0.25) is 0 Å². The number of hydrogen-bond donors (Lipinski definition) is 1. The van der Waals surface area contributed by atoms with Gasteiger partial charge in [0.15, 0.2) is 0 Å². The summed E-state index contributed by atoms with van der Waals surface area (Å²) in [6.45, 7) is 5.49. The van der Waals surface area contributed by atoms with E-state index >= 15 is 0 Å². The Morgan fingerprint density at radius 1 is 1.29 bits per heavy atom. The molecule has 0 amide bonds. The van der Waals surface area contributed by atoms with Crippen molar-refractivity contribution in [3.05, 3.63) is 34.9 Å². The summed E-state index contributed by atoms with van der Waals surface area (Å²) >= 11 is 0. The molecular weight excluding hydrogens is 328 g/mol. The molecule has 0 bridgehead atoms. The van der Waals surface area contributed by atoms with E-state index in [9.17, 15) is 18.3 Å². The quantitative estimate of drug-likeness (QED) is 0.840. The van der Waals surface area contributed by atoms with Gasteiger partial charge in [0.05, 0.1) is 12.8 Å². The summed E-state index contributed by atoms with van der Waals surface area (Å²) < 4.78 is 24.7. The van der Waals surface area contributed by atoms with E-state index < -0.39 is 16.0 Å². The fourth-order valence-corrected chi connectivity index (χ4v) is 4.09. The van der Waals surface area contributed by atoms with E-state index in [-0.39, 0.29) is 12.6 Å². The summed E-state index contributed by atoms with van der Waals surface area (Å²) in [6.07, 6.45) is 2.54. The van der Waals surface area contributed by atoms with Gasteiger partial charge in [-0.05, 0) is 37.8 Å². The average Bonchev–Trinajstić information content (AvgIpc) is 2.49. The predicted molar refractivity (Wildman–Crippen MR) is 93.4 cm³/mol. The van der Waals surface area contributed by atoms with E-state index in [1.54, 1.807) is 0 Å². The molecule has 1 N–H and O–H groups in total. The first-order chi connectivity index (χ1) is 11.2. The number of carboxylic acids is 1. The fraction of sp³-hybridized carbons (Fsp3) is 0.588. The second-order valence-electron chi connectivity index (χ2n) is 6.62. The van der Waals surface area contributed by atoms with Crippen molar-refractivity contribution in [3.8, 4) is 0 Å². The fourth-order valence-electron chi connectivity index (χ4n) is 3.22. The Morgan fingerprint density at radius 3 is 2.46 bits per heavy atom. The van der Waals surface area contributed by atoms with E-state index in [4.69, 9.17) is 0 Å². The summed E-state index contributed by atoms with van der Waals surface area (Å²) in [5.41, 5.74) is 3.42. The van der Waals surface area contributed by atoms with Gasteiger partial charge in [0.25, 0.3) is 0 Å². The van der Waals surface area contributed by atoms with Crippen molar-refractivity contribution in [3.63, 3.8) is 0 Å². The summed E-state index contributed by atoms with van der Waals surface area (Å²) in [4.78, 5) is 13.2. The van der Waals surface area contributed by atoms with Crippen molar-refractivity contribution < 1.29 is 18.3 Å². The molecular formula is C17H26N2O4S. The third kappa shape index (κ3) is 5.03. The van der Waals surface area contributed by atoms with Crippen molar-refractivity contribution in [1.29, 1.82) is 0 Å². The highest BCUT2D eigenvalue weighted by Crippen LogP contribution is 2.22. The van der Waals surface area contributed by atoms with Crippen LogP contribution in [-0.2, 0) is 21.4 Å². The molecule has 134 valence electrons. The van der Waals surface area contributed by atoms with Gasteiger partial charge in [-0.1, -0.05) is 23.8 Å². The van der Waals surface area contributed by atoms with Crippen LogP contribution in [0.15, 0.2) is 18.2 Å². The second kappa shape index (κ2) is 7.63. The number of sulfonamides is 1. The minimum absolute atomic E-state index is 0.0308. The van der Waals surface area contributed by atoms with Crippen molar-refractivity contribution in [2.75, 3.05) is 25.9 Å². The monoisotopic (exact) mass is 354 g/mol.